The van der Waals surface area contributed by atoms with Gasteiger partial charge in [-0.25, -0.2) is 3.63 Å². The van der Waals surface area contributed by atoms with Gasteiger partial charge in [0.2, 0.25) is 0 Å². The zero-order chi connectivity index (χ0) is 28.2. The monoisotopic (exact) mass is 580 g/mol. The highest BCUT2D eigenvalue weighted by atomic mass is 32.3. The van der Waals surface area contributed by atoms with Crippen molar-refractivity contribution in [2.75, 3.05) is 0 Å². The normalized spacial score (nSPS) is 22.3. The number of hydrogen-bond acceptors (Lipinski definition) is 3. The first-order chi connectivity index (χ1) is 18.3. The summed E-state index contributed by atoms with van der Waals surface area (Å²) in [4.78, 5) is 1.02. The van der Waals surface area contributed by atoms with Gasteiger partial charge >= 0.3 is 21.3 Å². The van der Waals surface area contributed by atoms with E-state index in [0.29, 0.717) is 45.1 Å². The van der Waals surface area contributed by atoms with Crippen molar-refractivity contribution in [1.29, 1.82) is 0 Å². The van der Waals surface area contributed by atoms with Crippen LogP contribution >= 0.6 is 10.3 Å². The Morgan fingerprint density at radius 3 is 1.72 bits per heavy atom. The molecule has 3 aromatic rings. The first-order valence-electron chi connectivity index (χ1n) is 13.0. The Labute approximate surface area is 229 Å². The molecule has 0 N–H and O–H groups in total. The van der Waals surface area contributed by atoms with Crippen molar-refractivity contribution in [3.8, 4) is 0 Å². The number of hydrogen-bond donors (Lipinski definition) is 0. The summed E-state index contributed by atoms with van der Waals surface area (Å²) in [6.45, 7) is 5.37. The van der Waals surface area contributed by atoms with Crippen LogP contribution in [0.4, 0.5) is 17.6 Å². The molecule has 2 bridgehead atoms. The molecule has 2 saturated carbocycles. The van der Waals surface area contributed by atoms with Crippen molar-refractivity contribution in [2.24, 2.45) is 17.8 Å². The van der Waals surface area contributed by atoms with Gasteiger partial charge in [0.15, 0.2) is 0 Å². The Morgan fingerprint density at radius 1 is 0.769 bits per heavy atom. The molecular formula is C30H32F4O3S2. The van der Waals surface area contributed by atoms with E-state index in [1.165, 1.54) is 0 Å². The average molecular weight is 581 g/mol. The van der Waals surface area contributed by atoms with Gasteiger partial charge in [0.1, 0.15) is 0 Å². The number of benzene rings is 3. The van der Waals surface area contributed by atoms with Crippen molar-refractivity contribution in [1.82, 2.24) is 0 Å². The molecule has 2 fully saturated rings. The van der Waals surface area contributed by atoms with Crippen LogP contribution in [0.5, 0.6) is 0 Å². The lowest BCUT2D eigenvalue weighted by Gasteiger charge is -2.43. The Bertz CT molecular complexity index is 1400. The molecule has 3 aromatic carbocycles. The van der Waals surface area contributed by atoms with Crippen LogP contribution in [0.2, 0.25) is 0 Å². The van der Waals surface area contributed by atoms with Crippen molar-refractivity contribution in [2.45, 2.75) is 72.3 Å². The van der Waals surface area contributed by atoms with Crippen molar-refractivity contribution >= 4 is 20.4 Å². The van der Waals surface area contributed by atoms with E-state index in [2.05, 4.69) is 0 Å². The molecule has 210 valence electrons. The molecule has 0 spiro atoms. The minimum atomic E-state index is -6.16. The van der Waals surface area contributed by atoms with Crippen molar-refractivity contribution in [3.63, 3.8) is 0 Å². The van der Waals surface area contributed by atoms with Crippen molar-refractivity contribution < 1.29 is 29.6 Å². The van der Waals surface area contributed by atoms with Crippen LogP contribution in [-0.2, 0) is 13.7 Å². The second kappa shape index (κ2) is 9.93. The molecule has 5 rings (SSSR count). The van der Waals surface area contributed by atoms with Crippen LogP contribution in [0.3, 0.4) is 0 Å². The smallest absolute Gasteiger partial charge is 0.202 e. The lowest BCUT2D eigenvalue weighted by molar-refractivity contribution is -0.202. The number of halogens is 4. The van der Waals surface area contributed by atoms with E-state index in [-0.39, 0.29) is 12.3 Å². The van der Waals surface area contributed by atoms with E-state index in [9.17, 15) is 8.42 Å². The molecule has 0 aromatic heterocycles. The third kappa shape index (κ3) is 4.50. The number of alkyl halides is 4. The van der Waals surface area contributed by atoms with Crippen LogP contribution in [0, 0.1) is 38.5 Å². The van der Waals surface area contributed by atoms with Crippen LogP contribution in [-0.4, -0.2) is 19.6 Å². The number of fused-ring (bicyclic) bond motifs is 2. The largest absolute Gasteiger partial charge is 0.432 e. The molecule has 0 aliphatic heterocycles. The summed E-state index contributed by atoms with van der Waals surface area (Å²) in [6, 6.07) is 20.0. The minimum Gasteiger partial charge on any atom is -0.202 e. The zero-order valence-electron chi connectivity index (χ0n) is 22.0. The fourth-order valence-corrected chi connectivity index (χ4v) is 12.2. The summed E-state index contributed by atoms with van der Waals surface area (Å²) in [5.41, 5.74) is 2.13. The average Bonchev–Trinajstić information content (AvgIpc) is 3.53. The highest BCUT2D eigenvalue weighted by molar-refractivity contribution is 8.33. The fourth-order valence-electron chi connectivity index (χ4n) is 6.58. The van der Waals surface area contributed by atoms with Crippen LogP contribution < -0.4 is 0 Å². The summed E-state index contributed by atoms with van der Waals surface area (Å²) >= 11 is 0. The second-order valence-electron chi connectivity index (χ2n) is 10.9. The molecule has 9 heteroatoms. The summed E-state index contributed by atoms with van der Waals surface area (Å²) in [7, 11) is -9.61. The van der Waals surface area contributed by atoms with Gasteiger partial charge in [0.25, 0.3) is 0 Å². The maximum Gasteiger partial charge on any atom is 0.432 e. The Morgan fingerprint density at radius 2 is 1.28 bits per heavy atom. The molecule has 39 heavy (non-hydrogen) atoms. The Hall–Kier alpha value is -2.36. The van der Waals surface area contributed by atoms with E-state index in [0.717, 1.165) is 5.56 Å². The number of rotatable bonds is 8. The topological polar surface area (TPSA) is 43.4 Å². The van der Waals surface area contributed by atoms with Gasteiger partial charge in [0, 0.05) is 20.6 Å². The standard InChI is InChI=1S/C30H32F4O3S2/c1-20-16-21(2)28(22(3)17-20)38(25-10-6-4-7-11-25,26-12-8-5-9-13-26)37-39(35,36)30(33,34)29(31,32)27-19-23-14-15-24(27)18-23/h4-13,16-17,23-24,27H,14-15,18-19H2,1-3H3. The highest BCUT2D eigenvalue weighted by Crippen LogP contribution is 2.72. The van der Waals surface area contributed by atoms with E-state index in [1.54, 1.807) is 74.5 Å². The summed E-state index contributed by atoms with van der Waals surface area (Å²) < 4.78 is 96.0. The molecule has 2 aliphatic rings. The zero-order valence-corrected chi connectivity index (χ0v) is 23.7. The third-order valence-electron chi connectivity index (χ3n) is 8.14. The van der Waals surface area contributed by atoms with Gasteiger partial charge in [-0.1, -0.05) is 60.5 Å². The Balaban J connectivity index is 1.74. The van der Waals surface area contributed by atoms with Gasteiger partial charge in [0.05, 0.1) is 0 Å². The SMILES string of the molecule is Cc1cc(C)c(S(OS(=O)(=O)C(F)(F)C(F)(F)C2CC3CCC2C3)(c2ccccc2)c2ccccc2)c(C)c1. The molecular weight excluding hydrogens is 548 g/mol. The van der Waals surface area contributed by atoms with Crippen LogP contribution in [0.1, 0.15) is 42.4 Å². The molecule has 0 amide bonds. The lowest BCUT2D eigenvalue weighted by atomic mass is 9.84. The quantitative estimate of drug-likeness (QED) is 0.250. The number of aryl methyl sites for hydroxylation is 3. The molecule has 2 aliphatic carbocycles. The molecule has 0 radical (unpaired) electrons. The predicted octanol–water partition coefficient (Wildman–Crippen LogP) is 8.82. The van der Waals surface area contributed by atoms with Gasteiger partial charge in [-0.05, 0) is 97.6 Å². The summed E-state index contributed by atoms with van der Waals surface area (Å²) in [5, 5.41) is -5.43. The van der Waals surface area contributed by atoms with Gasteiger partial charge in [-0.15, -0.1) is 0 Å². The first kappa shape index (κ1) is 28.2. The lowest BCUT2D eigenvalue weighted by Crippen LogP contribution is -2.53. The maximum absolute atomic E-state index is 15.8. The van der Waals surface area contributed by atoms with E-state index >= 15 is 17.6 Å². The molecule has 0 saturated heterocycles. The van der Waals surface area contributed by atoms with Crippen molar-refractivity contribution in [3.05, 3.63) is 89.5 Å². The van der Waals surface area contributed by atoms with Gasteiger partial charge in [-0.3, -0.25) is 0 Å². The second-order valence-corrected chi connectivity index (χ2v) is 15.3. The third-order valence-corrected chi connectivity index (χ3v) is 13.7. The van der Waals surface area contributed by atoms with E-state index < -0.39 is 43.4 Å². The molecule has 0 heterocycles. The van der Waals surface area contributed by atoms with Crippen LogP contribution in [0.25, 0.3) is 0 Å². The van der Waals surface area contributed by atoms with Crippen LogP contribution in [0.15, 0.2) is 87.5 Å². The van der Waals surface area contributed by atoms with E-state index in [4.69, 9.17) is 3.63 Å². The molecule has 3 unspecified atom stereocenters. The maximum atomic E-state index is 15.8. The fraction of sp³-hybridized carbons (Fsp3) is 0.400. The predicted molar refractivity (Wildman–Crippen MR) is 145 cm³/mol. The summed E-state index contributed by atoms with van der Waals surface area (Å²) in [5.74, 6) is -7.17. The minimum absolute atomic E-state index is 0.0680. The first-order valence-corrected chi connectivity index (χ1v) is 16.0. The van der Waals surface area contributed by atoms with Gasteiger partial charge in [-0.2, -0.15) is 26.0 Å². The summed E-state index contributed by atoms with van der Waals surface area (Å²) in [6.07, 6.45) is 1.46. The Kier molecular flexibility index (Phi) is 7.17. The molecule has 3 atom stereocenters. The van der Waals surface area contributed by atoms with Gasteiger partial charge < -0.3 is 0 Å². The highest BCUT2D eigenvalue weighted by Gasteiger charge is 2.73. The van der Waals surface area contributed by atoms with E-state index in [1.807, 2.05) is 19.1 Å². The molecule has 3 nitrogen and oxygen atoms in total.